The zero-order valence-corrected chi connectivity index (χ0v) is 9.82. The van der Waals surface area contributed by atoms with E-state index in [-0.39, 0.29) is 0 Å². The van der Waals surface area contributed by atoms with Crippen LogP contribution in [0.4, 0.5) is 0 Å². The largest absolute Gasteiger partial charge is 0.330 e. The first-order valence-electron chi connectivity index (χ1n) is 5.88. The molecule has 1 rings (SSSR count). The molecule has 2 heteroatoms. The highest BCUT2D eigenvalue weighted by atomic mass is 14.7. The zero-order valence-electron chi connectivity index (χ0n) is 9.82. The van der Waals surface area contributed by atoms with E-state index in [1.807, 2.05) is 18.3 Å². The molecule has 0 bridgehead atoms. The molecule has 0 unspecified atom stereocenters. The van der Waals surface area contributed by atoms with E-state index in [9.17, 15) is 0 Å². The van der Waals surface area contributed by atoms with Crippen molar-refractivity contribution in [3.8, 4) is 0 Å². The summed E-state index contributed by atoms with van der Waals surface area (Å²) in [6.07, 6.45) is 5.54. The normalized spacial score (nSPS) is 14.9. The Hall–Kier alpha value is -0.890. The highest BCUT2D eigenvalue weighted by molar-refractivity contribution is 5.09. The van der Waals surface area contributed by atoms with Gasteiger partial charge in [-0.15, -0.1) is 0 Å². The number of rotatable bonds is 6. The van der Waals surface area contributed by atoms with Gasteiger partial charge in [0.2, 0.25) is 0 Å². The van der Waals surface area contributed by atoms with Gasteiger partial charge in [-0.1, -0.05) is 32.8 Å². The molecule has 0 radical (unpaired) electrons. The topological polar surface area (TPSA) is 38.9 Å². The lowest BCUT2D eigenvalue weighted by Gasteiger charge is -2.18. The van der Waals surface area contributed by atoms with Crippen LogP contribution in [-0.4, -0.2) is 11.5 Å². The lowest BCUT2D eigenvalue weighted by Crippen LogP contribution is -2.16. The molecular formula is C13H22N2. The van der Waals surface area contributed by atoms with E-state index >= 15 is 0 Å². The molecular weight excluding hydrogens is 184 g/mol. The molecule has 0 amide bonds. The van der Waals surface area contributed by atoms with Crippen molar-refractivity contribution in [3.63, 3.8) is 0 Å². The summed E-state index contributed by atoms with van der Waals surface area (Å²) in [6.45, 7) is 5.23. The van der Waals surface area contributed by atoms with Crippen LogP contribution in [0.25, 0.3) is 0 Å². The summed E-state index contributed by atoms with van der Waals surface area (Å²) in [5.41, 5.74) is 6.95. The maximum absolute atomic E-state index is 5.81. The quantitative estimate of drug-likeness (QED) is 0.777. The Morgan fingerprint density at radius 1 is 1.40 bits per heavy atom. The van der Waals surface area contributed by atoms with Gasteiger partial charge in [-0.2, -0.15) is 0 Å². The molecule has 0 aliphatic rings. The van der Waals surface area contributed by atoms with Crippen LogP contribution >= 0.6 is 0 Å². The van der Waals surface area contributed by atoms with Gasteiger partial charge < -0.3 is 5.73 Å². The van der Waals surface area contributed by atoms with Gasteiger partial charge in [0.05, 0.1) is 0 Å². The van der Waals surface area contributed by atoms with Crippen molar-refractivity contribution in [3.05, 3.63) is 30.1 Å². The van der Waals surface area contributed by atoms with Gasteiger partial charge in [-0.25, -0.2) is 0 Å². The fraction of sp³-hybridized carbons (Fsp3) is 0.615. The van der Waals surface area contributed by atoms with E-state index < -0.39 is 0 Å². The molecule has 1 aromatic heterocycles. The third-order valence-electron chi connectivity index (χ3n) is 2.86. The lowest BCUT2D eigenvalue weighted by atomic mass is 9.90. The minimum atomic E-state index is 0.424. The smallest absolute Gasteiger partial charge is 0.0447 e. The first kappa shape index (κ1) is 12.2. The standard InChI is InChI=1S/C13H22N2/c1-3-6-11(2)9-12(10-14)13-7-4-5-8-15-13/h4-5,7-8,11-12H,3,6,9-10,14H2,1-2H3/t11-,12-/m0/s1. The summed E-state index contributed by atoms with van der Waals surface area (Å²) in [7, 11) is 0. The van der Waals surface area contributed by atoms with Crippen LogP contribution < -0.4 is 5.73 Å². The molecule has 0 saturated carbocycles. The van der Waals surface area contributed by atoms with E-state index in [1.54, 1.807) is 0 Å². The third kappa shape index (κ3) is 4.00. The molecule has 0 aromatic carbocycles. The number of hydrogen-bond donors (Lipinski definition) is 1. The average Bonchev–Trinajstić information content (AvgIpc) is 2.27. The summed E-state index contributed by atoms with van der Waals surface area (Å²) in [5.74, 6) is 1.17. The van der Waals surface area contributed by atoms with E-state index in [2.05, 4.69) is 24.9 Å². The van der Waals surface area contributed by atoms with Crippen LogP contribution in [0, 0.1) is 5.92 Å². The molecule has 0 aliphatic heterocycles. The Balaban J connectivity index is 2.56. The molecule has 15 heavy (non-hydrogen) atoms. The molecule has 1 aromatic rings. The molecule has 0 fully saturated rings. The van der Waals surface area contributed by atoms with Crippen molar-refractivity contribution in [2.45, 2.75) is 39.0 Å². The molecule has 2 atom stereocenters. The highest BCUT2D eigenvalue weighted by Gasteiger charge is 2.14. The van der Waals surface area contributed by atoms with Crippen LogP contribution in [0.3, 0.4) is 0 Å². The van der Waals surface area contributed by atoms with Crippen LogP contribution in [0.15, 0.2) is 24.4 Å². The van der Waals surface area contributed by atoms with Crippen molar-refractivity contribution in [2.24, 2.45) is 11.7 Å². The lowest BCUT2D eigenvalue weighted by molar-refractivity contribution is 0.433. The fourth-order valence-electron chi connectivity index (χ4n) is 2.05. The first-order chi connectivity index (χ1) is 7.27. The number of nitrogens with two attached hydrogens (primary N) is 1. The second-order valence-electron chi connectivity index (χ2n) is 4.32. The summed E-state index contributed by atoms with van der Waals surface area (Å²) in [4.78, 5) is 4.38. The molecule has 84 valence electrons. The van der Waals surface area contributed by atoms with Crippen molar-refractivity contribution in [1.82, 2.24) is 4.98 Å². The van der Waals surface area contributed by atoms with Crippen LogP contribution in [0.2, 0.25) is 0 Å². The molecule has 2 N–H and O–H groups in total. The Morgan fingerprint density at radius 3 is 2.73 bits per heavy atom. The maximum Gasteiger partial charge on any atom is 0.0447 e. The molecule has 2 nitrogen and oxygen atoms in total. The zero-order chi connectivity index (χ0) is 11.1. The Labute approximate surface area is 92.9 Å². The summed E-state index contributed by atoms with van der Waals surface area (Å²) >= 11 is 0. The second kappa shape index (κ2) is 6.57. The summed E-state index contributed by atoms with van der Waals surface area (Å²) in [5, 5.41) is 0. The average molecular weight is 206 g/mol. The van der Waals surface area contributed by atoms with Crippen molar-refractivity contribution in [2.75, 3.05) is 6.54 Å². The van der Waals surface area contributed by atoms with E-state index in [1.165, 1.54) is 12.8 Å². The number of aromatic nitrogens is 1. The number of pyridine rings is 1. The minimum absolute atomic E-state index is 0.424. The monoisotopic (exact) mass is 206 g/mol. The summed E-state index contributed by atoms with van der Waals surface area (Å²) in [6, 6.07) is 6.07. The van der Waals surface area contributed by atoms with Gasteiger partial charge in [-0.3, -0.25) is 4.98 Å². The molecule has 0 aliphatic carbocycles. The van der Waals surface area contributed by atoms with E-state index in [4.69, 9.17) is 5.73 Å². The fourth-order valence-corrected chi connectivity index (χ4v) is 2.05. The molecule has 0 spiro atoms. The second-order valence-corrected chi connectivity index (χ2v) is 4.32. The van der Waals surface area contributed by atoms with E-state index in [0.29, 0.717) is 12.5 Å². The Kier molecular flexibility index (Phi) is 5.33. The van der Waals surface area contributed by atoms with Gasteiger partial charge >= 0.3 is 0 Å². The molecule has 1 heterocycles. The van der Waals surface area contributed by atoms with Gasteiger partial charge in [0, 0.05) is 24.4 Å². The van der Waals surface area contributed by atoms with Crippen LogP contribution in [0.1, 0.15) is 44.7 Å². The van der Waals surface area contributed by atoms with Gasteiger partial charge in [0.25, 0.3) is 0 Å². The predicted octanol–water partition coefficient (Wildman–Crippen LogP) is 2.95. The third-order valence-corrected chi connectivity index (χ3v) is 2.86. The minimum Gasteiger partial charge on any atom is -0.330 e. The first-order valence-corrected chi connectivity index (χ1v) is 5.88. The van der Waals surface area contributed by atoms with Gasteiger partial charge in [0.1, 0.15) is 0 Å². The van der Waals surface area contributed by atoms with Gasteiger partial charge in [-0.05, 0) is 24.5 Å². The van der Waals surface area contributed by atoms with Crippen molar-refractivity contribution >= 4 is 0 Å². The highest BCUT2D eigenvalue weighted by Crippen LogP contribution is 2.23. The van der Waals surface area contributed by atoms with Crippen LogP contribution in [0.5, 0.6) is 0 Å². The van der Waals surface area contributed by atoms with Crippen LogP contribution in [-0.2, 0) is 0 Å². The van der Waals surface area contributed by atoms with Crippen molar-refractivity contribution in [1.29, 1.82) is 0 Å². The number of hydrogen-bond acceptors (Lipinski definition) is 2. The predicted molar refractivity (Wildman–Crippen MR) is 64.7 cm³/mol. The Bertz CT molecular complexity index is 258. The maximum atomic E-state index is 5.81. The summed E-state index contributed by atoms with van der Waals surface area (Å²) < 4.78 is 0. The molecule has 0 saturated heterocycles. The Morgan fingerprint density at radius 2 is 2.20 bits per heavy atom. The van der Waals surface area contributed by atoms with Gasteiger partial charge in [0.15, 0.2) is 0 Å². The van der Waals surface area contributed by atoms with E-state index in [0.717, 1.165) is 18.0 Å². The number of nitrogens with zero attached hydrogens (tertiary/aromatic N) is 1. The van der Waals surface area contributed by atoms with Crippen molar-refractivity contribution < 1.29 is 0 Å². The SMILES string of the molecule is CCC[C@H](C)C[C@@H](CN)c1ccccn1.